The Morgan fingerprint density at radius 3 is 2.64 bits per heavy atom. The fourth-order valence-corrected chi connectivity index (χ4v) is 3.34. The average molecular weight is 385 g/mol. The van der Waals surface area contributed by atoms with Gasteiger partial charge in [-0.15, -0.1) is 10.2 Å². The third-order valence-electron chi connectivity index (χ3n) is 5.03. The zero-order valence-electron chi connectivity index (χ0n) is 17.4. The van der Waals surface area contributed by atoms with E-state index in [-0.39, 0.29) is 5.41 Å². The van der Waals surface area contributed by atoms with Gasteiger partial charge in [-0.05, 0) is 29.9 Å². The second-order valence-electron chi connectivity index (χ2n) is 8.25. The first-order valence-electron chi connectivity index (χ1n) is 10.1. The van der Waals surface area contributed by atoms with Crippen molar-refractivity contribution in [1.29, 1.82) is 0 Å². The maximum Gasteiger partial charge on any atom is 0.191 e. The molecule has 0 fully saturated rings. The van der Waals surface area contributed by atoms with Gasteiger partial charge >= 0.3 is 0 Å². The smallest absolute Gasteiger partial charge is 0.191 e. The van der Waals surface area contributed by atoms with Crippen molar-refractivity contribution in [1.82, 2.24) is 25.4 Å². The molecule has 2 heterocycles. The normalized spacial score (nSPS) is 15.4. The van der Waals surface area contributed by atoms with Gasteiger partial charge in [0.25, 0.3) is 0 Å². The molecule has 28 heavy (non-hydrogen) atoms. The zero-order chi connectivity index (χ0) is 20.1. The first kappa shape index (κ1) is 20.3. The molecule has 3 N–H and O–H groups in total. The first-order valence-corrected chi connectivity index (χ1v) is 10.1. The number of hydrogen-bond acceptors (Lipinski definition) is 4. The van der Waals surface area contributed by atoms with Crippen LogP contribution in [0.15, 0.2) is 29.3 Å². The van der Waals surface area contributed by atoms with Crippen LogP contribution in [0.2, 0.25) is 0 Å². The average Bonchev–Trinajstić information content (AvgIpc) is 3.27. The zero-order valence-corrected chi connectivity index (χ0v) is 17.4. The lowest BCUT2D eigenvalue weighted by atomic mass is 9.86. The Kier molecular flexibility index (Phi) is 6.34. The summed E-state index contributed by atoms with van der Waals surface area (Å²) in [6.45, 7) is 11.2. The number of nitrogens with one attached hydrogen (secondary N) is 2. The summed E-state index contributed by atoms with van der Waals surface area (Å²) in [6, 6.07) is 8.17. The third kappa shape index (κ3) is 4.90. The summed E-state index contributed by atoms with van der Waals surface area (Å²) in [4.78, 5) is 4.61. The quantitative estimate of drug-likeness (QED) is 0.525. The van der Waals surface area contributed by atoms with Gasteiger partial charge in [-0.3, -0.25) is 0 Å². The number of aryl methyl sites for hydroxylation is 1. The van der Waals surface area contributed by atoms with Gasteiger partial charge in [0.15, 0.2) is 11.8 Å². The van der Waals surface area contributed by atoms with E-state index >= 15 is 0 Å². The van der Waals surface area contributed by atoms with Gasteiger partial charge in [0, 0.05) is 26.1 Å². The molecule has 1 unspecified atom stereocenters. The summed E-state index contributed by atoms with van der Waals surface area (Å²) >= 11 is 0. The summed E-state index contributed by atoms with van der Waals surface area (Å²) in [7, 11) is 0. The third-order valence-corrected chi connectivity index (χ3v) is 5.03. The van der Waals surface area contributed by atoms with Gasteiger partial charge in [-0.2, -0.15) is 0 Å². The van der Waals surface area contributed by atoms with E-state index in [1.807, 2.05) is 19.1 Å². The van der Waals surface area contributed by atoms with Gasteiger partial charge in [-0.1, -0.05) is 45.0 Å². The maximum absolute atomic E-state index is 10.5. The van der Waals surface area contributed by atoms with Crippen molar-refractivity contribution in [2.75, 3.05) is 13.1 Å². The number of aliphatic hydroxyl groups excluding tert-OH is 1. The molecule has 0 saturated carbocycles. The van der Waals surface area contributed by atoms with E-state index in [1.54, 1.807) is 0 Å². The van der Waals surface area contributed by atoms with E-state index < -0.39 is 6.10 Å². The topological polar surface area (TPSA) is 87.4 Å². The molecule has 0 amide bonds. The van der Waals surface area contributed by atoms with Gasteiger partial charge in [0.1, 0.15) is 12.4 Å². The van der Waals surface area contributed by atoms with Crippen LogP contribution < -0.4 is 10.6 Å². The van der Waals surface area contributed by atoms with Crippen LogP contribution in [-0.2, 0) is 24.9 Å². The summed E-state index contributed by atoms with van der Waals surface area (Å²) in [5, 5.41) is 25.4. The molecule has 0 spiro atoms. The van der Waals surface area contributed by atoms with Crippen molar-refractivity contribution >= 4 is 5.96 Å². The molecule has 1 aliphatic rings. The van der Waals surface area contributed by atoms with Crippen LogP contribution in [0.3, 0.4) is 0 Å². The lowest BCUT2D eigenvalue weighted by Gasteiger charge is -2.20. The number of aliphatic imine (C=N–C) groups is 1. The minimum atomic E-state index is -0.602. The van der Waals surface area contributed by atoms with E-state index in [9.17, 15) is 5.11 Å². The fourth-order valence-electron chi connectivity index (χ4n) is 3.34. The Morgan fingerprint density at radius 2 is 1.96 bits per heavy atom. The molecule has 1 atom stereocenters. The molecule has 0 bridgehead atoms. The lowest BCUT2D eigenvalue weighted by Crippen LogP contribution is -2.39. The SMILES string of the molecule is CCNC(=NCc1nnc2n1CCC2)NCC(O)c1ccc(C(C)(C)C)cc1. The molecule has 2 aromatic rings. The van der Waals surface area contributed by atoms with E-state index in [1.165, 1.54) is 5.56 Å². The second-order valence-corrected chi connectivity index (χ2v) is 8.25. The van der Waals surface area contributed by atoms with Gasteiger partial charge in [0.2, 0.25) is 0 Å². The minimum absolute atomic E-state index is 0.106. The number of hydrogen-bond donors (Lipinski definition) is 3. The predicted molar refractivity (Wildman–Crippen MR) is 111 cm³/mol. The van der Waals surface area contributed by atoms with Crippen molar-refractivity contribution < 1.29 is 5.11 Å². The van der Waals surface area contributed by atoms with Crippen LogP contribution >= 0.6 is 0 Å². The largest absolute Gasteiger partial charge is 0.387 e. The highest BCUT2D eigenvalue weighted by Gasteiger charge is 2.17. The van der Waals surface area contributed by atoms with Crippen molar-refractivity contribution in [3.8, 4) is 0 Å². The van der Waals surface area contributed by atoms with Crippen LogP contribution in [0, 0.1) is 0 Å². The Labute approximate surface area is 167 Å². The highest BCUT2D eigenvalue weighted by molar-refractivity contribution is 5.79. The van der Waals surface area contributed by atoms with Crippen molar-refractivity contribution in [2.45, 2.75) is 65.1 Å². The molecule has 0 radical (unpaired) electrons. The fraction of sp³-hybridized carbons (Fsp3) is 0.571. The summed E-state index contributed by atoms with van der Waals surface area (Å²) < 4.78 is 2.15. The van der Waals surface area contributed by atoms with E-state index in [0.717, 1.165) is 43.1 Å². The lowest BCUT2D eigenvalue weighted by molar-refractivity contribution is 0.181. The summed E-state index contributed by atoms with van der Waals surface area (Å²) in [5.41, 5.74) is 2.26. The molecule has 1 aliphatic heterocycles. The highest BCUT2D eigenvalue weighted by Crippen LogP contribution is 2.23. The molecule has 7 nitrogen and oxygen atoms in total. The minimum Gasteiger partial charge on any atom is -0.387 e. The maximum atomic E-state index is 10.5. The van der Waals surface area contributed by atoms with Gasteiger partial charge in [0.05, 0.1) is 6.10 Å². The Morgan fingerprint density at radius 1 is 1.21 bits per heavy atom. The number of aromatic nitrogens is 3. The molecule has 3 rings (SSSR count). The van der Waals surface area contributed by atoms with Crippen molar-refractivity contribution in [3.05, 3.63) is 47.0 Å². The Bertz CT molecular complexity index is 803. The molecular weight excluding hydrogens is 352 g/mol. The number of rotatable bonds is 6. The van der Waals surface area contributed by atoms with Crippen LogP contribution in [0.25, 0.3) is 0 Å². The Balaban J connectivity index is 1.59. The van der Waals surface area contributed by atoms with E-state index in [2.05, 4.69) is 63.3 Å². The number of fused-ring (bicyclic) bond motifs is 1. The standard InChI is InChI=1S/C21H32N6O/c1-5-22-20(24-14-19-26-25-18-7-6-12-27(18)19)23-13-17(28)15-8-10-16(11-9-15)21(2,3)4/h8-11,17,28H,5-7,12-14H2,1-4H3,(H2,22,23,24). The van der Waals surface area contributed by atoms with Crippen LogP contribution in [-0.4, -0.2) is 38.9 Å². The summed E-state index contributed by atoms with van der Waals surface area (Å²) in [5.74, 6) is 2.61. The van der Waals surface area contributed by atoms with Gasteiger partial charge < -0.3 is 20.3 Å². The van der Waals surface area contributed by atoms with Crippen molar-refractivity contribution in [2.24, 2.45) is 4.99 Å². The summed E-state index contributed by atoms with van der Waals surface area (Å²) in [6.07, 6.45) is 1.52. The molecule has 7 heteroatoms. The van der Waals surface area contributed by atoms with E-state index in [4.69, 9.17) is 0 Å². The number of benzene rings is 1. The van der Waals surface area contributed by atoms with Crippen LogP contribution in [0.5, 0.6) is 0 Å². The highest BCUT2D eigenvalue weighted by atomic mass is 16.3. The molecule has 0 aliphatic carbocycles. The van der Waals surface area contributed by atoms with Crippen LogP contribution in [0.1, 0.15) is 63.0 Å². The van der Waals surface area contributed by atoms with E-state index in [0.29, 0.717) is 19.0 Å². The number of nitrogens with zero attached hydrogens (tertiary/aromatic N) is 4. The predicted octanol–water partition coefficient (Wildman–Crippen LogP) is 2.31. The molecule has 1 aromatic carbocycles. The second kappa shape index (κ2) is 8.73. The molecule has 0 saturated heterocycles. The Hall–Kier alpha value is -2.41. The number of aliphatic hydroxyl groups is 1. The van der Waals surface area contributed by atoms with Gasteiger partial charge in [-0.25, -0.2) is 4.99 Å². The molecule has 1 aromatic heterocycles. The van der Waals surface area contributed by atoms with Crippen molar-refractivity contribution in [3.63, 3.8) is 0 Å². The number of guanidine groups is 1. The monoisotopic (exact) mass is 384 g/mol. The molecular formula is C21H32N6O. The van der Waals surface area contributed by atoms with Crippen LogP contribution in [0.4, 0.5) is 0 Å². The molecule has 152 valence electrons. The first-order chi connectivity index (χ1) is 13.4.